The molecule has 0 radical (unpaired) electrons. The van der Waals surface area contributed by atoms with E-state index in [1.54, 1.807) is 6.08 Å². The van der Waals surface area contributed by atoms with Gasteiger partial charge < -0.3 is 9.47 Å². The molecule has 0 aliphatic heterocycles. The molecule has 3 aromatic carbocycles. The molecule has 0 heterocycles. The predicted octanol–water partition coefficient (Wildman–Crippen LogP) is 4.99. The van der Waals surface area contributed by atoms with Crippen molar-refractivity contribution in [2.75, 3.05) is 13.2 Å². The molecule has 0 saturated carbocycles. The molecule has 0 saturated heterocycles. The van der Waals surface area contributed by atoms with Crippen LogP contribution in [0.1, 0.15) is 5.56 Å². The minimum Gasteiger partial charge on any atom is -0.490 e. The summed E-state index contributed by atoms with van der Waals surface area (Å²) in [7, 11) is 0. The second kappa shape index (κ2) is 9.23. The van der Waals surface area contributed by atoms with Gasteiger partial charge in [-0.3, -0.25) is 0 Å². The smallest absolute Gasteiger partial charge is 0.330 e. The zero-order chi connectivity index (χ0) is 18.0. The van der Waals surface area contributed by atoms with Crippen molar-refractivity contribution < 1.29 is 14.3 Å². The van der Waals surface area contributed by atoms with Crippen molar-refractivity contribution in [2.45, 2.75) is 0 Å². The predicted molar refractivity (Wildman–Crippen MR) is 104 cm³/mol. The second-order valence-corrected chi connectivity index (χ2v) is 5.65. The highest BCUT2D eigenvalue weighted by Gasteiger charge is 2.00. The average molecular weight is 344 g/mol. The zero-order valence-electron chi connectivity index (χ0n) is 14.4. The average Bonchev–Trinajstić information content (AvgIpc) is 2.71. The van der Waals surface area contributed by atoms with Crippen molar-refractivity contribution in [3.05, 3.63) is 96.6 Å². The summed E-state index contributed by atoms with van der Waals surface area (Å²) in [6, 6.07) is 27.6. The van der Waals surface area contributed by atoms with Gasteiger partial charge in [0, 0.05) is 6.08 Å². The van der Waals surface area contributed by atoms with Gasteiger partial charge in [0.2, 0.25) is 0 Å². The van der Waals surface area contributed by atoms with E-state index in [2.05, 4.69) is 12.1 Å². The molecule has 0 fully saturated rings. The number of carbonyl (C=O) groups excluding carboxylic acids is 1. The number of hydrogen-bond donors (Lipinski definition) is 0. The first kappa shape index (κ1) is 17.5. The monoisotopic (exact) mass is 344 g/mol. The van der Waals surface area contributed by atoms with Crippen LogP contribution in [-0.4, -0.2) is 19.2 Å². The highest BCUT2D eigenvalue weighted by atomic mass is 16.6. The Morgan fingerprint density at radius 2 is 1.35 bits per heavy atom. The number of hydrogen-bond acceptors (Lipinski definition) is 3. The van der Waals surface area contributed by atoms with Crippen LogP contribution in [-0.2, 0) is 9.53 Å². The van der Waals surface area contributed by atoms with E-state index >= 15 is 0 Å². The molecule has 3 nitrogen and oxygen atoms in total. The fourth-order valence-electron chi connectivity index (χ4n) is 2.45. The summed E-state index contributed by atoms with van der Waals surface area (Å²) in [6.45, 7) is 0.522. The summed E-state index contributed by atoms with van der Waals surface area (Å²) in [4.78, 5) is 11.7. The van der Waals surface area contributed by atoms with Crippen LogP contribution >= 0.6 is 0 Å². The summed E-state index contributed by atoms with van der Waals surface area (Å²) in [5, 5.41) is 0. The van der Waals surface area contributed by atoms with E-state index in [9.17, 15) is 4.79 Å². The van der Waals surface area contributed by atoms with Gasteiger partial charge in [-0.1, -0.05) is 72.8 Å². The first-order valence-electron chi connectivity index (χ1n) is 8.49. The quantitative estimate of drug-likeness (QED) is 0.344. The molecule has 0 bridgehead atoms. The van der Waals surface area contributed by atoms with Crippen LogP contribution in [0.15, 0.2) is 91.0 Å². The molecule has 0 aromatic heterocycles. The Morgan fingerprint density at radius 3 is 2.04 bits per heavy atom. The molecule has 3 aromatic rings. The number of benzene rings is 3. The maximum absolute atomic E-state index is 11.7. The Morgan fingerprint density at radius 1 is 0.731 bits per heavy atom. The number of ether oxygens (including phenoxy) is 2. The number of rotatable bonds is 7. The SMILES string of the molecule is O=C(C=Cc1ccccc1)OCCOc1ccc(-c2ccccc2)cc1. The molecule has 0 amide bonds. The number of carbonyl (C=O) groups is 1. The third kappa shape index (κ3) is 5.35. The Hall–Kier alpha value is -3.33. The van der Waals surface area contributed by atoms with E-state index in [-0.39, 0.29) is 12.6 Å². The highest BCUT2D eigenvalue weighted by Crippen LogP contribution is 2.21. The van der Waals surface area contributed by atoms with E-state index in [0.29, 0.717) is 6.61 Å². The lowest BCUT2D eigenvalue weighted by Gasteiger charge is -2.07. The summed E-state index contributed by atoms with van der Waals surface area (Å²) in [6.07, 6.45) is 3.15. The molecule has 130 valence electrons. The van der Waals surface area contributed by atoms with Crippen LogP contribution in [0.25, 0.3) is 17.2 Å². The molecule has 3 rings (SSSR count). The van der Waals surface area contributed by atoms with Crippen LogP contribution in [0.5, 0.6) is 5.75 Å². The standard InChI is InChI=1S/C23H20O3/c24-23(16-11-19-7-3-1-4-8-19)26-18-17-25-22-14-12-21(13-15-22)20-9-5-2-6-10-20/h1-16H,17-18H2. The van der Waals surface area contributed by atoms with Gasteiger partial charge in [-0.2, -0.15) is 0 Å². The Balaban J connectivity index is 1.41. The van der Waals surface area contributed by atoms with Crippen LogP contribution in [0.3, 0.4) is 0 Å². The maximum atomic E-state index is 11.7. The zero-order valence-corrected chi connectivity index (χ0v) is 14.4. The van der Waals surface area contributed by atoms with E-state index in [4.69, 9.17) is 9.47 Å². The topological polar surface area (TPSA) is 35.5 Å². The lowest BCUT2D eigenvalue weighted by atomic mass is 10.1. The van der Waals surface area contributed by atoms with Crippen LogP contribution in [0, 0.1) is 0 Å². The molecule has 0 aliphatic rings. The van der Waals surface area contributed by atoms with Gasteiger partial charge in [-0.05, 0) is 34.9 Å². The van der Waals surface area contributed by atoms with E-state index < -0.39 is 0 Å². The molecule has 0 atom stereocenters. The molecule has 0 unspecified atom stereocenters. The van der Waals surface area contributed by atoms with Crippen molar-refractivity contribution in [2.24, 2.45) is 0 Å². The molecular formula is C23H20O3. The minimum atomic E-state index is -0.378. The summed E-state index contributed by atoms with van der Waals surface area (Å²) < 4.78 is 10.7. The summed E-state index contributed by atoms with van der Waals surface area (Å²) in [5.74, 6) is 0.373. The van der Waals surface area contributed by atoms with Crippen molar-refractivity contribution in [3.8, 4) is 16.9 Å². The molecule has 26 heavy (non-hydrogen) atoms. The van der Waals surface area contributed by atoms with Crippen molar-refractivity contribution >= 4 is 12.0 Å². The van der Waals surface area contributed by atoms with E-state index in [1.807, 2.05) is 72.8 Å². The van der Waals surface area contributed by atoms with Gasteiger partial charge in [0.05, 0.1) is 0 Å². The Kier molecular flexibility index (Phi) is 6.21. The van der Waals surface area contributed by atoms with Crippen molar-refractivity contribution in [3.63, 3.8) is 0 Å². The van der Waals surface area contributed by atoms with Gasteiger partial charge >= 0.3 is 5.97 Å². The Bertz CT molecular complexity index is 838. The van der Waals surface area contributed by atoms with Gasteiger partial charge in [-0.15, -0.1) is 0 Å². The van der Waals surface area contributed by atoms with E-state index in [0.717, 1.165) is 22.4 Å². The first-order valence-corrected chi connectivity index (χ1v) is 8.49. The fourth-order valence-corrected chi connectivity index (χ4v) is 2.45. The fraction of sp³-hybridized carbons (Fsp3) is 0.0870. The molecule has 0 N–H and O–H groups in total. The second-order valence-electron chi connectivity index (χ2n) is 5.65. The minimum absolute atomic E-state index is 0.207. The largest absolute Gasteiger partial charge is 0.490 e. The summed E-state index contributed by atoms with van der Waals surface area (Å²) >= 11 is 0. The Labute approximate surface area is 153 Å². The third-order valence-corrected chi connectivity index (χ3v) is 3.77. The van der Waals surface area contributed by atoms with E-state index in [1.165, 1.54) is 6.08 Å². The first-order chi connectivity index (χ1) is 12.8. The van der Waals surface area contributed by atoms with Crippen LogP contribution in [0.2, 0.25) is 0 Å². The number of esters is 1. The normalized spacial score (nSPS) is 10.6. The molecule has 0 spiro atoms. The van der Waals surface area contributed by atoms with Crippen molar-refractivity contribution in [1.29, 1.82) is 0 Å². The molecule has 3 heteroatoms. The molecule has 0 aliphatic carbocycles. The van der Waals surface area contributed by atoms with Gasteiger partial charge in [-0.25, -0.2) is 4.79 Å². The van der Waals surface area contributed by atoms with Gasteiger partial charge in [0.15, 0.2) is 0 Å². The molecular weight excluding hydrogens is 324 g/mol. The summed E-state index contributed by atoms with van der Waals surface area (Å²) in [5.41, 5.74) is 3.26. The van der Waals surface area contributed by atoms with Crippen LogP contribution < -0.4 is 4.74 Å². The third-order valence-electron chi connectivity index (χ3n) is 3.77. The maximum Gasteiger partial charge on any atom is 0.330 e. The van der Waals surface area contributed by atoms with Gasteiger partial charge in [0.25, 0.3) is 0 Å². The highest BCUT2D eigenvalue weighted by molar-refractivity contribution is 5.87. The van der Waals surface area contributed by atoms with Crippen molar-refractivity contribution in [1.82, 2.24) is 0 Å². The lowest BCUT2D eigenvalue weighted by Crippen LogP contribution is -2.10. The lowest BCUT2D eigenvalue weighted by molar-refractivity contribution is -0.138. The van der Waals surface area contributed by atoms with Gasteiger partial charge in [0.1, 0.15) is 19.0 Å². The van der Waals surface area contributed by atoms with Crippen LogP contribution in [0.4, 0.5) is 0 Å².